The smallest absolute Gasteiger partial charge is 0.301 e. The molecule has 0 saturated carbocycles. The number of aryl methyl sites for hydroxylation is 5. The molecule has 2 aliphatic heterocycles. The quantitative estimate of drug-likeness (QED) is 0.495. The molecular weight excluding hydrogens is 348 g/mol. The monoisotopic (exact) mass is 372 g/mol. The highest BCUT2D eigenvalue weighted by atomic mass is 16.1. The number of fused-ring (bicyclic) bond motifs is 2. The lowest BCUT2D eigenvalue weighted by Crippen LogP contribution is -2.21. The summed E-state index contributed by atoms with van der Waals surface area (Å²) in [6.07, 6.45) is 2.86. The lowest BCUT2D eigenvalue weighted by Gasteiger charge is -2.18. The third kappa shape index (κ3) is 3.40. The van der Waals surface area contributed by atoms with E-state index in [1.165, 1.54) is 16.7 Å². The fourth-order valence-electron chi connectivity index (χ4n) is 3.77. The molecule has 0 saturated heterocycles. The highest BCUT2D eigenvalue weighted by Gasteiger charge is 2.19. The van der Waals surface area contributed by atoms with Crippen LogP contribution >= 0.6 is 0 Å². The Labute approximate surface area is 164 Å². The molecule has 2 aromatic rings. The molecule has 5 nitrogen and oxygen atoms in total. The maximum Gasteiger partial charge on any atom is 0.301 e. The zero-order valence-corrected chi connectivity index (χ0v) is 16.6. The SMILES string of the molecule is CCc1cc2nc3c(=O)nc(C)nc-3n(CCCc3ccccc3)c2cc1C. The molecule has 0 radical (unpaired) electrons. The molecule has 0 unspecified atom stereocenters. The second-order valence-corrected chi connectivity index (χ2v) is 7.22. The number of benzene rings is 2. The van der Waals surface area contributed by atoms with Crippen LogP contribution in [0.15, 0.2) is 47.3 Å². The molecular formula is C23H24N4O. The molecule has 2 heterocycles. The van der Waals surface area contributed by atoms with E-state index in [1.54, 1.807) is 6.92 Å². The molecule has 0 aromatic heterocycles. The first-order valence-electron chi connectivity index (χ1n) is 9.79. The topological polar surface area (TPSA) is 60.7 Å². The lowest BCUT2D eigenvalue weighted by atomic mass is 10.0. The molecule has 0 bridgehead atoms. The predicted octanol–water partition coefficient (Wildman–Crippen LogP) is 4.10. The summed E-state index contributed by atoms with van der Waals surface area (Å²) in [5.74, 6) is 1.11. The Morgan fingerprint density at radius 2 is 1.79 bits per heavy atom. The fraction of sp³-hybridized carbons (Fsp3) is 0.304. The molecule has 2 aromatic carbocycles. The van der Waals surface area contributed by atoms with Crippen molar-refractivity contribution in [3.63, 3.8) is 0 Å². The largest absolute Gasteiger partial charge is 0.322 e. The zero-order chi connectivity index (χ0) is 19.7. The van der Waals surface area contributed by atoms with Gasteiger partial charge in [-0.3, -0.25) is 4.79 Å². The van der Waals surface area contributed by atoms with Crippen molar-refractivity contribution in [3.8, 4) is 11.5 Å². The summed E-state index contributed by atoms with van der Waals surface area (Å²) in [6.45, 7) is 6.78. The third-order valence-corrected chi connectivity index (χ3v) is 5.23. The maximum atomic E-state index is 12.5. The van der Waals surface area contributed by atoms with E-state index in [9.17, 15) is 4.79 Å². The Balaban J connectivity index is 1.84. The van der Waals surface area contributed by atoms with Crippen LogP contribution in [0.2, 0.25) is 0 Å². The highest BCUT2D eigenvalue weighted by Crippen LogP contribution is 2.25. The van der Waals surface area contributed by atoms with Gasteiger partial charge >= 0.3 is 5.56 Å². The van der Waals surface area contributed by atoms with Crippen molar-refractivity contribution in [3.05, 3.63) is 75.3 Å². The Hall–Kier alpha value is -3.08. The van der Waals surface area contributed by atoms with Crippen LogP contribution in [0, 0.1) is 13.8 Å². The normalized spacial score (nSPS) is 11.4. The van der Waals surface area contributed by atoms with E-state index >= 15 is 0 Å². The first-order chi connectivity index (χ1) is 13.6. The van der Waals surface area contributed by atoms with Crippen LogP contribution < -0.4 is 5.56 Å². The summed E-state index contributed by atoms with van der Waals surface area (Å²) in [5, 5.41) is 0. The van der Waals surface area contributed by atoms with Gasteiger partial charge in [0, 0.05) is 6.54 Å². The van der Waals surface area contributed by atoms with Gasteiger partial charge in [-0.1, -0.05) is 37.3 Å². The molecule has 142 valence electrons. The third-order valence-electron chi connectivity index (χ3n) is 5.23. The van der Waals surface area contributed by atoms with Crippen molar-refractivity contribution in [2.45, 2.75) is 46.6 Å². The van der Waals surface area contributed by atoms with Crippen LogP contribution in [-0.4, -0.2) is 19.5 Å². The number of hydrogen-bond acceptors (Lipinski definition) is 4. The van der Waals surface area contributed by atoms with Gasteiger partial charge < -0.3 is 4.57 Å². The van der Waals surface area contributed by atoms with Gasteiger partial charge in [0.2, 0.25) is 0 Å². The summed E-state index contributed by atoms with van der Waals surface area (Å²) in [5.41, 5.74) is 5.69. The molecule has 0 aliphatic carbocycles. The molecule has 4 rings (SSSR count). The van der Waals surface area contributed by atoms with Crippen LogP contribution in [0.3, 0.4) is 0 Å². The molecule has 0 atom stereocenters. The van der Waals surface area contributed by atoms with E-state index in [0.29, 0.717) is 17.3 Å². The molecule has 2 aliphatic rings. The summed E-state index contributed by atoms with van der Waals surface area (Å²) >= 11 is 0. The van der Waals surface area contributed by atoms with Gasteiger partial charge in [0.1, 0.15) is 5.82 Å². The molecule has 0 N–H and O–H groups in total. The first kappa shape index (κ1) is 18.3. The van der Waals surface area contributed by atoms with Gasteiger partial charge in [0.25, 0.3) is 0 Å². The predicted molar refractivity (Wildman–Crippen MR) is 112 cm³/mol. The minimum atomic E-state index is -0.306. The van der Waals surface area contributed by atoms with E-state index in [2.05, 4.69) is 69.8 Å². The number of aromatic nitrogens is 4. The minimum absolute atomic E-state index is 0.306. The van der Waals surface area contributed by atoms with Crippen molar-refractivity contribution >= 4 is 11.0 Å². The summed E-state index contributed by atoms with van der Waals surface area (Å²) in [6, 6.07) is 14.7. The Kier molecular flexibility index (Phi) is 4.90. The van der Waals surface area contributed by atoms with Gasteiger partial charge in [-0.05, 0) is 61.9 Å². The van der Waals surface area contributed by atoms with Crippen LogP contribution in [-0.2, 0) is 19.4 Å². The van der Waals surface area contributed by atoms with E-state index in [-0.39, 0.29) is 5.56 Å². The summed E-state index contributed by atoms with van der Waals surface area (Å²) < 4.78 is 2.14. The Morgan fingerprint density at radius 1 is 1.00 bits per heavy atom. The molecule has 0 fully saturated rings. The molecule has 5 heteroatoms. The molecule has 28 heavy (non-hydrogen) atoms. The van der Waals surface area contributed by atoms with Gasteiger partial charge in [0.05, 0.1) is 11.0 Å². The van der Waals surface area contributed by atoms with Crippen molar-refractivity contribution < 1.29 is 0 Å². The van der Waals surface area contributed by atoms with Crippen LogP contribution in [0.1, 0.15) is 35.9 Å². The van der Waals surface area contributed by atoms with E-state index in [0.717, 1.165) is 36.8 Å². The van der Waals surface area contributed by atoms with Crippen molar-refractivity contribution in [1.82, 2.24) is 19.5 Å². The van der Waals surface area contributed by atoms with E-state index < -0.39 is 0 Å². The average molecular weight is 372 g/mol. The summed E-state index contributed by atoms with van der Waals surface area (Å²) in [7, 11) is 0. The van der Waals surface area contributed by atoms with Gasteiger partial charge in [-0.25, -0.2) is 9.97 Å². The average Bonchev–Trinajstić information content (AvgIpc) is 2.69. The number of rotatable bonds is 5. The van der Waals surface area contributed by atoms with Crippen molar-refractivity contribution in [2.75, 3.05) is 0 Å². The highest BCUT2D eigenvalue weighted by molar-refractivity contribution is 5.81. The molecule has 0 amide bonds. The zero-order valence-electron chi connectivity index (χ0n) is 16.6. The first-order valence-corrected chi connectivity index (χ1v) is 9.79. The van der Waals surface area contributed by atoms with Crippen LogP contribution in [0.25, 0.3) is 22.6 Å². The fourth-order valence-corrected chi connectivity index (χ4v) is 3.77. The van der Waals surface area contributed by atoms with Crippen LogP contribution in [0.4, 0.5) is 0 Å². The second-order valence-electron chi connectivity index (χ2n) is 7.22. The molecule has 0 spiro atoms. The van der Waals surface area contributed by atoms with Gasteiger partial charge in [0.15, 0.2) is 11.5 Å². The number of hydrogen-bond donors (Lipinski definition) is 0. The van der Waals surface area contributed by atoms with Gasteiger partial charge in [-0.2, -0.15) is 4.98 Å². The van der Waals surface area contributed by atoms with Crippen LogP contribution in [0.5, 0.6) is 0 Å². The van der Waals surface area contributed by atoms with E-state index in [1.807, 2.05) is 6.07 Å². The second kappa shape index (κ2) is 7.50. The lowest BCUT2D eigenvalue weighted by molar-refractivity contribution is 0.648. The van der Waals surface area contributed by atoms with Crippen molar-refractivity contribution in [1.29, 1.82) is 0 Å². The summed E-state index contributed by atoms with van der Waals surface area (Å²) in [4.78, 5) is 25.7. The van der Waals surface area contributed by atoms with Crippen molar-refractivity contribution in [2.24, 2.45) is 0 Å². The number of nitrogens with zero attached hydrogens (tertiary/aromatic N) is 4. The standard InChI is InChI=1S/C23H24N4O/c1-4-18-14-19-20(13-15(18)2)27(12-8-11-17-9-6-5-7-10-17)22-21(26-19)23(28)25-16(3)24-22/h5-7,9-10,13-14H,4,8,11-12H2,1-3H3. The van der Waals surface area contributed by atoms with E-state index in [4.69, 9.17) is 0 Å². The van der Waals surface area contributed by atoms with Gasteiger partial charge in [-0.15, -0.1) is 0 Å². The Morgan fingerprint density at radius 3 is 2.54 bits per heavy atom. The maximum absolute atomic E-state index is 12.5. The Bertz CT molecular complexity index is 1160. The minimum Gasteiger partial charge on any atom is -0.322 e.